The second kappa shape index (κ2) is 5.75. The van der Waals surface area contributed by atoms with Crippen molar-refractivity contribution in [1.82, 2.24) is 9.55 Å². The van der Waals surface area contributed by atoms with Crippen molar-refractivity contribution in [2.45, 2.75) is 38.9 Å². The first-order valence-corrected chi connectivity index (χ1v) is 6.65. The van der Waals surface area contributed by atoms with E-state index in [9.17, 15) is 18.0 Å². The first-order chi connectivity index (χ1) is 9.84. The van der Waals surface area contributed by atoms with Crippen LogP contribution in [0.2, 0.25) is 0 Å². The molecule has 1 aromatic carbocycles. The first-order valence-electron chi connectivity index (χ1n) is 6.65. The normalized spacial score (nSPS) is 12.0. The van der Waals surface area contributed by atoms with Gasteiger partial charge in [-0.3, -0.25) is 0 Å². The molecule has 21 heavy (non-hydrogen) atoms. The molecule has 1 aromatic heterocycles. The number of hydrogen-bond acceptors (Lipinski definition) is 2. The lowest BCUT2D eigenvalue weighted by molar-refractivity contribution is -0.147. The Hall–Kier alpha value is -2.05. The van der Waals surface area contributed by atoms with E-state index in [4.69, 9.17) is 5.11 Å². The molecule has 0 radical (unpaired) electrons. The van der Waals surface area contributed by atoms with E-state index in [0.717, 1.165) is 17.4 Å². The Balaban J connectivity index is 2.56. The summed E-state index contributed by atoms with van der Waals surface area (Å²) in [7, 11) is 0. The molecule has 0 saturated heterocycles. The molecule has 0 unspecified atom stereocenters. The van der Waals surface area contributed by atoms with Gasteiger partial charge in [-0.1, -0.05) is 19.8 Å². The summed E-state index contributed by atoms with van der Waals surface area (Å²) in [6.07, 6.45) is -2.29. The molecule has 1 heterocycles. The van der Waals surface area contributed by atoms with Crippen LogP contribution in [0.4, 0.5) is 13.2 Å². The van der Waals surface area contributed by atoms with Crippen LogP contribution in [0.3, 0.4) is 0 Å². The number of rotatable bonds is 5. The van der Waals surface area contributed by atoms with Crippen molar-refractivity contribution in [2.24, 2.45) is 0 Å². The summed E-state index contributed by atoms with van der Waals surface area (Å²) in [4.78, 5) is 14.6. The van der Waals surface area contributed by atoms with Gasteiger partial charge in [-0.25, -0.2) is 9.78 Å². The van der Waals surface area contributed by atoms with Crippen LogP contribution in [0.25, 0.3) is 11.0 Å². The summed E-state index contributed by atoms with van der Waals surface area (Å²) in [6, 6.07) is 3.81. The van der Waals surface area contributed by atoms with Crippen LogP contribution < -0.4 is 0 Å². The van der Waals surface area contributed by atoms with Gasteiger partial charge in [-0.2, -0.15) is 13.2 Å². The standard InChI is InChI=1S/C14H15F3N2O2/c1-2-3-4-7-19-11-8-9(12(20)21)5-6-10(11)18-13(19)14(15,16)17/h5-6,8H,2-4,7H2,1H3,(H,20,21). The minimum Gasteiger partial charge on any atom is -0.478 e. The van der Waals surface area contributed by atoms with Crippen molar-refractivity contribution in [3.05, 3.63) is 29.6 Å². The Morgan fingerprint density at radius 1 is 1.33 bits per heavy atom. The van der Waals surface area contributed by atoms with E-state index in [0.29, 0.717) is 6.42 Å². The number of imidazole rings is 1. The number of fused-ring (bicyclic) bond motifs is 1. The van der Waals surface area contributed by atoms with Crippen LogP contribution in [-0.2, 0) is 12.7 Å². The van der Waals surface area contributed by atoms with Gasteiger partial charge in [0.25, 0.3) is 0 Å². The number of halogens is 3. The number of aromatic nitrogens is 2. The molecule has 1 N–H and O–H groups in total. The molecule has 0 aliphatic carbocycles. The zero-order chi connectivity index (χ0) is 15.6. The van der Waals surface area contributed by atoms with Gasteiger partial charge >= 0.3 is 12.1 Å². The Morgan fingerprint density at radius 2 is 2.05 bits per heavy atom. The summed E-state index contributed by atoms with van der Waals surface area (Å²) < 4.78 is 40.2. The van der Waals surface area contributed by atoms with E-state index in [1.807, 2.05) is 6.92 Å². The highest BCUT2D eigenvalue weighted by Gasteiger charge is 2.37. The van der Waals surface area contributed by atoms with Crippen molar-refractivity contribution >= 4 is 17.0 Å². The van der Waals surface area contributed by atoms with Crippen molar-refractivity contribution in [1.29, 1.82) is 0 Å². The van der Waals surface area contributed by atoms with Crippen LogP contribution in [0.15, 0.2) is 18.2 Å². The lowest BCUT2D eigenvalue weighted by Crippen LogP contribution is -2.15. The van der Waals surface area contributed by atoms with Gasteiger partial charge in [0, 0.05) is 6.54 Å². The lowest BCUT2D eigenvalue weighted by atomic mass is 10.2. The summed E-state index contributed by atoms with van der Waals surface area (Å²) >= 11 is 0. The van der Waals surface area contributed by atoms with Crippen LogP contribution >= 0.6 is 0 Å². The van der Waals surface area contributed by atoms with Gasteiger partial charge < -0.3 is 9.67 Å². The molecule has 0 bridgehead atoms. The number of aromatic carboxylic acids is 1. The highest BCUT2D eigenvalue weighted by molar-refractivity contribution is 5.92. The number of unbranched alkanes of at least 4 members (excludes halogenated alkanes) is 2. The molecular formula is C14H15F3N2O2. The molecule has 0 aliphatic rings. The number of benzene rings is 1. The number of alkyl halides is 3. The maximum atomic E-state index is 13.1. The van der Waals surface area contributed by atoms with Gasteiger partial charge in [0.15, 0.2) is 0 Å². The molecule has 2 aromatic rings. The second-order valence-electron chi connectivity index (χ2n) is 4.80. The number of hydrogen-bond donors (Lipinski definition) is 1. The fourth-order valence-electron chi connectivity index (χ4n) is 2.22. The Labute approximate surface area is 119 Å². The summed E-state index contributed by atoms with van der Waals surface area (Å²) in [5.74, 6) is -2.15. The predicted molar refractivity (Wildman–Crippen MR) is 71.2 cm³/mol. The van der Waals surface area contributed by atoms with E-state index in [1.54, 1.807) is 0 Å². The van der Waals surface area contributed by atoms with Gasteiger partial charge in [0.05, 0.1) is 16.6 Å². The molecule has 2 rings (SSSR count). The van der Waals surface area contributed by atoms with Crippen molar-refractivity contribution in [3.63, 3.8) is 0 Å². The minimum atomic E-state index is -4.56. The van der Waals surface area contributed by atoms with E-state index in [2.05, 4.69) is 4.98 Å². The average Bonchev–Trinajstić information content (AvgIpc) is 2.77. The highest BCUT2D eigenvalue weighted by Crippen LogP contribution is 2.32. The van der Waals surface area contributed by atoms with Gasteiger partial charge in [0.1, 0.15) is 0 Å². The second-order valence-corrected chi connectivity index (χ2v) is 4.80. The maximum Gasteiger partial charge on any atom is 0.449 e. The highest BCUT2D eigenvalue weighted by atomic mass is 19.4. The molecule has 114 valence electrons. The quantitative estimate of drug-likeness (QED) is 0.851. The minimum absolute atomic E-state index is 0.0483. The molecule has 4 nitrogen and oxygen atoms in total. The zero-order valence-electron chi connectivity index (χ0n) is 11.4. The summed E-state index contributed by atoms with van der Waals surface area (Å²) in [6.45, 7) is 2.13. The Morgan fingerprint density at radius 3 is 2.62 bits per heavy atom. The fourth-order valence-corrected chi connectivity index (χ4v) is 2.22. The molecule has 0 amide bonds. The third-order valence-corrected chi connectivity index (χ3v) is 3.23. The molecule has 7 heteroatoms. The van der Waals surface area contributed by atoms with E-state index in [1.165, 1.54) is 18.2 Å². The van der Waals surface area contributed by atoms with Crippen molar-refractivity contribution in [2.75, 3.05) is 0 Å². The monoisotopic (exact) mass is 300 g/mol. The molecule has 0 fully saturated rings. The smallest absolute Gasteiger partial charge is 0.449 e. The van der Waals surface area contributed by atoms with Crippen molar-refractivity contribution in [3.8, 4) is 0 Å². The number of carboxylic acid groups (broad SMARTS) is 1. The number of carboxylic acids is 1. The van der Waals surface area contributed by atoms with Crippen LogP contribution in [0.5, 0.6) is 0 Å². The predicted octanol–water partition coefficient (Wildman–Crippen LogP) is 3.94. The number of aryl methyl sites for hydroxylation is 1. The van der Waals surface area contributed by atoms with Gasteiger partial charge in [0.2, 0.25) is 5.82 Å². The summed E-state index contributed by atoms with van der Waals surface area (Å²) in [5.41, 5.74) is 0.315. The SMILES string of the molecule is CCCCCn1c(C(F)(F)F)nc2ccc(C(=O)O)cc21. The van der Waals surface area contributed by atoms with Crippen LogP contribution in [0.1, 0.15) is 42.4 Å². The topological polar surface area (TPSA) is 55.1 Å². The Bertz CT molecular complexity index is 662. The maximum absolute atomic E-state index is 13.1. The molecular weight excluding hydrogens is 285 g/mol. The van der Waals surface area contributed by atoms with Crippen molar-refractivity contribution < 1.29 is 23.1 Å². The fraction of sp³-hybridized carbons (Fsp3) is 0.429. The third kappa shape index (κ3) is 3.17. The van der Waals surface area contributed by atoms with E-state index < -0.39 is 18.0 Å². The van der Waals surface area contributed by atoms with E-state index in [-0.39, 0.29) is 23.1 Å². The zero-order valence-corrected chi connectivity index (χ0v) is 11.4. The van der Waals surface area contributed by atoms with E-state index >= 15 is 0 Å². The van der Waals surface area contributed by atoms with Crippen LogP contribution in [-0.4, -0.2) is 20.6 Å². The molecule has 0 saturated carbocycles. The molecule has 0 aliphatic heterocycles. The Kier molecular flexibility index (Phi) is 4.20. The van der Waals surface area contributed by atoms with Crippen LogP contribution in [0, 0.1) is 0 Å². The third-order valence-electron chi connectivity index (χ3n) is 3.23. The number of carbonyl (C=O) groups is 1. The number of nitrogens with zero attached hydrogens (tertiary/aromatic N) is 2. The van der Waals surface area contributed by atoms with Gasteiger partial charge in [-0.15, -0.1) is 0 Å². The molecule has 0 spiro atoms. The first kappa shape index (κ1) is 15.3. The summed E-state index contributed by atoms with van der Waals surface area (Å²) in [5, 5.41) is 8.96. The lowest BCUT2D eigenvalue weighted by Gasteiger charge is -2.11. The van der Waals surface area contributed by atoms with Gasteiger partial charge in [-0.05, 0) is 24.6 Å². The molecule has 0 atom stereocenters. The average molecular weight is 300 g/mol. The largest absolute Gasteiger partial charge is 0.478 e.